The number of oxazole rings is 1. The van der Waals surface area contributed by atoms with Gasteiger partial charge in [0, 0.05) is 20.2 Å². The molecule has 0 fully saturated rings. The van der Waals surface area contributed by atoms with Crippen molar-refractivity contribution >= 4 is 6.01 Å². The molecule has 0 aliphatic heterocycles. The van der Waals surface area contributed by atoms with Crippen molar-refractivity contribution in [1.82, 2.24) is 4.98 Å². The van der Waals surface area contributed by atoms with Crippen molar-refractivity contribution in [2.24, 2.45) is 0 Å². The summed E-state index contributed by atoms with van der Waals surface area (Å²) in [5.41, 5.74) is 4.00. The lowest BCUT2D eigenvalue weighted by atomic mass is 10.1. The standard InChI is InChI=1S/C33H40N2O7/c1-36-14-19-41-32-13-7-11-29(21-32)23-35(22-28-10-6-12-31(20-28)37-2)33-34-30(26-42-33)25-40-18-16-38-15-17-39-24-27-8-4-3-5-9-27/h3-13,20-21,26H,14-19,22-25H2,1-2H3. The molecule has 224 valence electrons. The van der Waals surface area contributed by atoms with Crippen LogP contribution in [0.4, 0.5) is 6.01 Å². The van der Waals surface area contributed by atoms with Crippen LogP contribution >= 0.6 is 0 Å². The number of anilines is 1. The van der Waals surface area contributed by atoms with Crippen LogP contribution in [0.1, 0.15) is 22.4 Å². The van der Waals surface area contributed by atoms with E-state index in [1.54, 1.807) is 20.5 Å². The van der Waals surface area contributed by atoms with Crippen LogP contribution in [0.15, 0.2) is 89.5 Å². The predicted molar refractivity (Wildman–Crippen MR) is 160 cm³/mol. The summed E-state index contributed by atoms with van der Waals surface area (Å²) in [6.07, 6.45) is 1.64. The molecule has 0 amide bonds. The fourth-order valence-corrected chi connectivity index (χ4v) is 4.17. The van der Waals surface area contributed by atoms with Crippen molar-refractivity contribution in [3.8, 4) is 11.5 Å². The number of aromatic nitrogens is 1. The zero-order chi connectivity index (χ0) is 29.2. The maximum atomic E-state index is 5.90. The molecular formula is C33H40N2O7. The predicted octanol–water partition coefficient (Wildman–Crippen LogP) is 5.67. The fourth-order valence-electron chi connectivity index (χ4n) is 4.17. The third-order valence-corrected chi connectivity index (χ3v) is 6.25. The van der Waals surface area contributed by atoms with E-state index in [-0.39, 0.29) is 0 Å². The van der Waals surface area contributed by atoms with E-state index in [4.69, 9.17) is 37.8 Å². The van der Waals surface area contributed by atoms with Gasteiger partial charge in [0.15, 0.2) is 0 Å². The minimum absolute atomic E-state index is 0.327. The van der Waals surface area contributed by atoms with E-state index in [1.807, 2.05) is 66.7 Å². The van der Waals surface area contributed by atoms with Crippen LogP contribution in [-0.2, 0) is 45.3 Å². The molecule has 42 heavy (non-hydrogen) atoms. The van der Waals surface area contributed by atoms with Gasteiger partial charge in [-0.3, -0.25) is 0 Å². The van der Waals surface area contributed by atoms with Crippen molar-refractivity contribution in [1.29, 1.82) is 0 Å². The number of methoxy groups -OCH3 is 2. The highest BCUT2D eigenvalue weighted by atomic mass is 16.5. The van der Waals surface area contributed by atoms with Gasteiger partial charge in [0.1, 0.15) is 30.1 Å². The van der Waals surface area contributed by atoms with Crippen molar-refractivity contribution < 1.29 is 32.8 Å². The molecule has 0 bridgehead atoms. The SMILES string of the molecule is COCCOc1cccc(CN(Cc2cccc(OC)c2)c2nc(COCCOCCOCc3ccccc3)co2)c1. The summed E-state index contributed by atoms with van der Waals surface area (Å²) in [5.74, 6) is 1.59. The molecule has 9 nitrogen and oxygen atoms in total. The van der Waals surface area contributed by atoms with Crippen LogP contribution in [0.3, 0.4) is 0 Å². The Morgan fingerprint density at radius 3 is 2.00 bits per heavy atom. The smallest absolute Gasteiger partial charge is 0.298 e. The van der Waals surface area contributed by atoms with Gasteiger partial charge in [-0.15, -0.1) is 0 Å². The topological polar surface area (TPSA) is 84.7 Å². The van der Waals surface area contributed by atoms with E-state index in [0.29, 0.717) is 77.7 Å². The number of nitrogens with zero attached hydrogens (tertiary/aromatic N) is 2. The first kappa shape index (κ1) is 31.1. The third-order valence-electron chi connectivity index (χ3n) is 6.25. The fraction of sp³-hybridized carbons (Fsp3) is 0.364. The van der Waals surface area contributed by atoms with E-state index >= 15 is 0 Å². The summed E-state index contributed by atoms with van der Waals surface area (Å²) in [6, 6.07) is 26.6. The lowest BCUT2D eigenvalue weighted by Gasteiger charge is -2.21. The summed E-state index contributed by atoms with van der Waals surface area (Å²) in [6.45, 7) is 5.05. The average Bonchev–Trinajstić information content (AvgIpc) is 3.50. The van der Waals surface area contributed by atoms with Crippen molar-refractivity contribution in [3.05, 3.63) is 108 Å². The molecule has 3 aromatic carbocycles. The molecule has 0 radical (unpaired) electrons. The largest absolute Gasteiger partial charge is 0.497 e. The first-order valence-electron chi connectivity index (χ1n) is 14.0. The number of hydrogen-bond donors (Lipinski definition) is 0. The van der Waals surface area contributed by atoms with Crippen LogP contribution in [0.25, 0.3) is 0 Å². The zero-order valence-electron chi connectivity index (χ0n) is 24.4. The second-order valence-corrected chi connectivity index (χ2v) is 9.52. The highest BCUT2D eigenvalue weighted by Crippen LogP contribution is 2.23. The second kappa shape index (κ2) is 17.8. The van der Waals surface area contributed by atoms with E-state index in [9.17, 15) is 0 Å². The summed E-state index contributed by atoms with van der Waals surface area (Å²) >= 11 is 0. The highest BCUT2D eigenvalue weighted by molar-refractivity contribution is 5.37. The highest BCUT2D eigenvalue weighted by Gasteiger charge is 2.16. The zero-order valence-corrected chi connectivity index (χ0v) is 24.4. The van der Waals surface area contributed by atoms with Crippen molar-refractivity contribution in [3.63, 3.8) is 0 Å². The van der Waals surface area contributed by atoms with E-state index in [1.165, 1.54) is 0 Å². The first-order chi connectivity index (χ1) is 20.7. The maximum absolute atomic E-state index is 5.90. The number of rotatable bonds is 20. The quantitative estimate of drug-likeness (QED) is 0.124. The van der Waals surface area contributed by atoms with Gasteiger partial charge >= 0.3 is 0 Å². The van der Waals surface area contributed by atoms with Gasteiger partial charge in [-0.1, -0.05) is 54.6 Å². The Labute approximate surface area is 247 Å². The van der Waals surface area contributed by atoms with E-state index in [0.717, 1.165) is 28.2 Å². The lowest BCUT2D eigenvalue weighted by Crippen LogP contribution is -2.22. The second-order valence-electron chi connectivity index (χ2n) is 9.52. The van der Waals surface area contributed by atoms with Gasteiger partial charge in [-0.05, 0) is 41.0 Å². The first-order valence-corrected chi connectivity index (χ1v) is 14.0. The molecule has 1 heterocycles. The van der Waals surface area contributed by atoms with E-state index < -0.39 is 0 Å². The van der Waals surface area contributed by atoms with Crippen LogP contribution in [0, 0.1) is 0 Å². The molecule has 0 saturated heterocycles. The van der Waals surface area contributed by atoms with Gasteiger partial charge in [-0.2, -0.15) is 4.98 Å². The van der Waals surface area contributed by atoms with Crippen molar-refractivity contribution in [2.45, 2.75) is 26.3 Å². The molecule has 0 unspecified atom stereocenters. The molecule has 0 N–H and O–H groups in total. The van der Waals surface area contributed by atoms with Crippen LogP contribution in [-0.4, -0.2) is 58.8 Å². The normalized spacial score (nSPS) is 11.0. The lowest BCUT2D eigenvalue weighted by molar-refractivity contribution is 0.00652. The molecule has 4 rings (SSSR count). The minimum atomic E-state index is 0.327. The molecule has 1 aromatic heterocycles. The van der Waals surface area contributed by atoms with Gasteiger partial charge in [0.25, 0.3) is 6.01 Å². The maximum Gasteiger partial charge on any atom is 0.298 e. The van der Waals surface area contributed by atoms with Crippen molar-refractivity contribution in [2.75, 3.05) is 58.8 Å². The monoisotopic (exact) mass is 576 g/mol. The average molecular weight is 577 g/mol. The summed E-state index contributed by atoms with van der Waals surface area (Å²) < 4.78 is 39.2. The van der Waals surface area contributed by atoms with E-state index in [2.05, 4.69) is 17.0 Å². The molecular weight excluding hydrogens is 536 g/mol. The molecule has 0 atom stereocenters. The molecule has 0 saturated carbocycles. The Bertz CT molecular complexity index is 1300. The molecule has 0 aliphatic carbocycles. The van der Waals surface area contributed by atoms with Crippen LogP contribution < -0.4 is 14.4 Å². The Hall–Kier alpha value is -3.89. The third kappa shape index (κ3) is 10.8. The Kier molecular flexibility index (Phi) is 13.2. The van der Waals surface area contributed by atoms with Crippen LogP contribution in [0.2, 0.25) is 0 Å². The Balaban J connectivity index is 1.27. The van der Waals surface area contributed by atoms with Crippen LogP contribution in [0.5, 0.6) is 11.5 Å². The van der Waals surface area contributed by atoms with Gasteiger partial charge in [0.05, 0.1) is 53.4 Å². The van der Waals surface area contributed by atoms with Gasteiger partial charge in [0.2, 0.25) is 0 Å². The van der Waals surface area contributed by atoms with Gasteiger partial charge < -0.3 is 37.7 Å². The number of ether oxygens (including phenoxy) is 6. The minimum Gasteiger partial charge on any atom is -0.497 e. The Morgan fingerprint density at radius 1 is 0.643 bits per heavy atom. The van der Waals surface area contributed by atoms with Gasteiger partial charge in [-0.25, -0.2) is 0 Å². The number of hydrogen-bond acceptors (Lipinski definition) is 9. The summed E-state index contributed by atoms with van der Waals surface area (Å²) in [4.78, 5) is 6.78. The molecule has 0 spiro atoms. The number of benzene rings is 3. The molecule has 9 heteroatoms. The summed E-state index contributed by atoms with van der Waals surface area (Å²) in [7, 11) is 3.32. The Morgan fingerprint density at radius 2 is 1.29 bits per heavy atom. The summed E-state index contributed by atoms with van der Waals surface area (Å²) in [5, 5.41) is 0. The molecule has 4 aromatic rings. The molecule has 0 aliphatic rings.